The summed E-state index contributed by atoms with van der Waals surface area (Å²) in [4.78, 5) is 4.31. The summed E-state index contributed by atoms with van der Waals surface area (Å²) in [5, 5.41) is 15.6. The van der Waals surface area contributed by atoms with E-state index in [1.807, 2.05) is 5.38 Å². The van der Waals surface area contributed by atoms with Crippen LogP contribution in [0.4, 0.5) is 5.82 Å². The van der Waals surface area contributed by atoms with Gasteiger partial charge in [-0.05, 0) is 12.8 Å². The second kappa shape index (κ2) is 4.06. The lowest BCUT2D eigenvalue weighted by Crippen LogP contribution is -2.00. The van der Waals surface area contributed by atoms with Crippen LogP contribution in [0.25, 0.3) is 16.2 Å². The molecule has 6 nitrogen and oxygen atoms in total. The van der Waals surface area contributed by atoms with Crippen LogP contribution in [0.15, 0.2) is 11.6 Å². The van der Waals surface area contributed by atoms with E-state index < -0.39 is 0 Å². The molecule has 98 valence electrons. The van der Waals surface area contributed by atoms with Crippen molar-refractivity contribution in [3.63, 3.8) is 0 Å². The maximum absolute atomic E-state index is 6.02. The molecule has 0 unspecified atom stereocenters. The number of thiazole rings is 1. The summed E-state index contributed by atoms with van der Waals surface area (Å²) in [6.45, 7) is 0. The van der Waals surface area contributed by atoms with Crippen molar-refractivity contribution in [2.24, 2.45) is 0 Å². The average Bonchev–Trinajstić information content (AvgIpc) is 3.15. The van der Waals surface area contributed by atoms with E-state index in [2.05, 4.69) is 15.2 Å². The summed E-state index contributed by atoms with van der Waals surface area (Å²) in [5.41, 5.74) is 7.89. The number of hydrogen-bond donors (Lipinski definition) is 2. The Bertz CT molecular complexity index is 704. The molecule has 19 heavy (non-hydrogen) atoms. The van der Waals surface area contributed by atoms with Gasteiger partial charge in [-0.3, -0.25) is 5.10 Å². The van der Waals surface area contributed by atoms with Crippen LogP contribution < -0.4 is 5.73 Å². The van der Waals surface area contributed by atoms with Crippen molar-refractivity contribution in [3.8, 4) is 5.13 Å². The van der Waals surface area contributed by atoms with Gasteiger partial charge in [0.2, 0.25) is 5.13 Å². The fourth-order valence-electron chi connectivity index (χ4n) is 2.90. The zero-order valence-electron chi connectivity index (χ0n) is 10.3. The molecule has 3 aromatic rings. The van der Waals surface area contributed by atoms with Gasteiger partial charge in [-0.25, -0.2) is 4.98 Å². The summed E-state index contributed by atoms with van der Waals surface area (Å²) >= 11 is 1.55. The third-order valence-electron chi connectivity index (χ3n) is 3.78. The van der Waals surface area contributed by atoms with Gasteiger partial charge in [-0.15, -0.1) is 11.3 Å². The molecule has 1 aliphatic rings. The molecule has 3 N–H and O–H groups in total. The van der Waals surface area contributed by atoms with Gasteiger partial charge in [-0.1, -0.05) is 12.8 Å². The van der Waals surface area contributed by atoms with Crippen molar-refractivity contribution in [2.75, 3.05) is 5.73 Å². The lowest BCUT2D eigenvalue weighted by atomic mass is 10.0. The van der Waals surface area contributed by atoms with E-state index in [0.29, 0.717) is 11.7 Å². The maximum Gasteiger partial charge on any atom is 0.212 e. The Labute approximate surface area is 113 Å². The molecule has 0 bridgehead atoms. The number of anilines is 1. The Morgan fingerprint density at radius 2 is 2.21 bits per heavy atom. The Morgan fingerprint density at radius 1 is 1.37 bits per heavy atom. The first-order valence-electron chi connectivity index (χ1n) is 6.47. The zero-order chi connectivity index (χ0) is 12.8. The molecule has 3 heterocycles. The minimum absolute atomic E-state index is 0.503. The Hall–Kier alpha value is -1.89. The van der Waals surface area contributed by atoms with Gasteiger partial charge in [0.1, 0.15) is 5.82 Å². The van der Waals surface area contributed by atoms with Crippen LogP contribution in [0, 0.1) is 0 Å². The molecule has 0 aromatic carbocycles. The molecule has 0 spiro atoms. The van der Waals surface area contributed by atoms with E-state index in [1.54, 1.807) is 22.2 Å². The maximum atomic E-state index is 6.02. The highest BCUT2D eigenvalue weighted by Crippen LogP contribution is 2.38. The van der Waals surface area contributed by atoms with Crippen molar-refractivity contribution in [1.29, 1.82) is 0 Å². The lowest BCUT2D eigenvalue weighted by Gasteiger charge is -2.04. The van der Waals surface area contributed by atoms with Crippen LogP contribution in [0.2, 0.25) is 0 Å². The average molecular weight is 274 g/mol. The van der Waals surface area contributed by atoms with Gasteiger partial charge >= 0.3 is 0 Å². The number of nitrogen functional groups attached to an aromatic ring is 1. The first kappa shape index (κ1) is 11.0. The molecular formula is C12H14N6S. The first-order valence-corrected chi connectivity index (χ1v) is 7.35. The van der Waals surface area contributed by atoms with Crippen LogP contribution in [0.5, 0.6) is 0 Å². The van der Waals surface area contributed by atoms with E-state index in [1.165, 1.54) is 25.7 Å². The van der Waals surface area contributed by atoms with Crippen LogP contribution >= 0.6 is 11.3 Å². The van der Waals surface area contributed by atoms with Crippen LogP contribution in [-0.4, -0.2) is 25.0 Å². The minimum atomic E-state index is 0.503. The number of nitrogens with one attached hydrogen (secondary N) is 1. The van der Waals surface area contributed by atoms with Crippen molar-refractivity contribution < 1.29 is 0 Å². The molecule has 3 aromatic heterocycles. The van der Waals surface area contributed by atoms with Gasteiger partial charge in [0, 0.05) is 17.5 Å². The first-order chi connectivity index (χ1) is 9.34. The van der Waals surface area contributed by atoms with Gasteiger partial charge < -0.3 is 5.73 Å². The number of H-pyrrole nitrogens is 1. The smallest absolute Gasteiger partial charge is 0.212 e. The molecule has 1 fully saturated rings. The predicted molar refractivity (Wildman–Crippen MR) is 74.5 cm³/mol. The number of aromatic nitrogens is 5. The highest BCUT2D eigenvalue weighted by Gasteiger charge is 2.27. The van der Waals surface area contributed by atoms with Crippen molar-refractivity contribution in [2.45, 2.75) is 31.6 Å². The summed E-state index contributed by atoms with van der Waals surface area (Å²) < 4.78 is 1.81. The Balaban J connectivity index is 1.95. The highest BCUT2D eigenvalue weighted by molar-refractivity contribution is 7.12. The zero-order valence-corrected chi connectivity index (χ0v) is 11.2. The topological polar surface area (TPSA) is 85.4 Å². The van der Waals surface area contributed by atoms with Crippen LogP contribution in [-0.2, 0) is 0 Å². The second-order valence-electron chi connectivity index (χ2n) is 4.93. The summed E-state index contributed by atoms with van der Waals surface area (Å²) in [6, 6.07) is 0. The van der Waals surface area contributed by atoms with Gasteiger partial charge in [0.15, 0.2) is 5.65 Å². The quantitative estimate of drug-likeness (QED) is 0.751. The lowest BCUT2D eigenvalue weighted by molar-refractivity contribution is 0.682. The number of nitrogens with two attached hydrogens (primary N) is 1. The molecule has 0 radical (unpaired) electrons. The van der Waals surface area contributed by atoms with E-state index in [0.717, 1.165) is 21.9 Å². The fraction of sp³-hybridized carbons (Fsp3) is 0.417. The number of nitrogens with zero attached hydrogens (tertiary/aromatic N) is 4. The Kier molecular flexibility index (Phi) is 2.34. The molecule has 0 aliphatic heterocycles. The summed E-state index contributed by atoms with van der Waals surface area (Å²) in [7, 11) is 0. The minimum Gasteiger partial charge on any atom is -0.383 e. The van der Waals surface area contributed by atoms with Gasteiger partial charge in [0.05, 0.1) is 11.1 Å². The molecule has 0 amide bonds. The largest absolute Gasteiger partial charge is 0.383 e. The number of rotatable bonds is 2. The molecular weight excluding hydrogens is 260 g/mol. The van der Waals surface area contributed by atoms with E-state index in [9.17, 15) is 0 Å². The normalized spacial score (nSPS) is 16.6. The molecule has 1 aliphatic carbocycles. The number of aromatic amines is 1. The van der Waals surface area contributed by atoms with Crippen LogP contribution in [0.1, 0.15) is 37.3 Å². The van der Waals surface area contributed by atoms with Gasteiger partial charge in [0.25, 0.3) is 0 Å². The van der Waals surface area contributed by atoms with Crippen molar-refractivity contribution in [1.82, 2.24) is 25.0 Å². The molecule has 1 saturated carbocycles. The standard InChI is InChI=1S/C12H14N6S/c13-10-8-9(7-3-1-2-4-7)17-18(11(8)16-15-10)12-14-5-6-19-12/h5-7H,1-4H2,(H3,13,15,16). The van der Waals surface area contributed by atoms with Crippen LogP contribution in [0.3, 0.4) is 0 Å². The third kappa shape index (κ3) is 1.58. The van der Waals surface area contributed by atoms with Crippen molar-refractivity contribution >= 4 is 28.2 Å². The predicted octanol–water partition coefficient (Wildman–Crippen LogP) is 2.44. The number of hydrogen-bond acceptors (Lipinski definition) is 5. The monoisotopic (exact) mass is 274 g/mol. The molecule has 7 heteroatoms. The number of fused-ring (bicyclic) bond motifs is 1. The molecule has 0 saturated heterocycles. The van der Waals surface area contributed by atoms with E-state index in [4.69, 9.17) is 10.8 Å². The third-order valence-corrected chi connectivity index (χ3v) is 4.53. The molecule has 4 rings (SSSR count). The second-order valence-corrected chi connectivity index (χ2v) is 5.80. The van der Waals surface area contributed by atoms with Crippen molar-refractivity contribution in [3.05, 3.63) is 17.3 Å². The highest BCUT2D eigenvalue weighted by atomic mass is 32.1. The fourth-order valence-corrected chi connectivity index (χ4v) is 3.49. The molecule has 0 atom stereocenters. The SMILES string of the molecule is Nc1[nH]nc2c1c(C1CCCC1)nn2-c1nccs1. The Morgan fingerprint density at radius 3 is 2.95 bits per heavy atom. The van der Waals surface area contributed by atoms with E-state index in [-0.39, 0.29) is 0 Å². The van der Waals surface area contributed by atoms with Gasteiger partial charge in [-0.2, -0.15) is 14.9 Å². The summed E-state index contributed by atoms with van der Waals surface area (Å²) in [6.07, 6.45) is 6.70. The van der Waals surface area contributed by atoms with E-state index >= 15 is 0 Å². The summed E-state index contributed by atoms with van der Waals surface area (Å²) in [5.74, 6) is 1.11.